The van der Waals surface area contributed by atoms with E-state index in [0.717, 1.165) is 22.5 Å². The van der Waals surface area contributed by atoms with Crippen LogP contribution in [-0.4, -0.2) is 22.4 Å². The number of hydrogen-bond donors (Lipinski definition) is 1. The van der Waals surface area contributed by atoms with E-state index in [0.29, 0.717) is 20.7 Å². The number of aryl methyl sites for hydroxylation is 1. The van der Waals surface area contributed by atoms with Crippen LogP contribution >= 0.6 is 22.9 Å². The van der Waals surface area contributed by atoms with Crippen molar-refractivity contribution < 1.29 is 9.53 Å². The number of rotatable bonds is 4. The molecule has 3 heterocycles. The zero-order chi connectivity index (χ0) is 19.0. The average Bonchev–Trinajstić information content (AvgIpc) is 3.29. The molecule has 5 nitrogen and oxygen atoms in total. The number of pyridine rings is 1. The molecule has 3 aromatic heterocycles. The molecular formula is C20H16ClN3O2S. The average molecular weight is 398 g/mol. The van der Waals surface area contributed by atoms with Gasteiger partial charge in [0.1, 0.15) is 11.4 Å². The number of ether oxygens (including phenoxy) is 1. The lowest BCUT2D eigenvalue weighted by Crippen LogP contribution is -2.11. The third-order valence-electron chi connectivity index (χ3n) is 4.22. The van der Waals surface area contributed by atoms with Crippen molar-refractivity contribution in [1.82, 2.24) is 9.38 Å². The Bertz CT molecular complexity index is 1150. The van der Waals surface area contributed by atoms with Gasteiger partial charge >= 0.3 is 0 Å². The minimum Gasteiger partial charge on any atom is -0.495 e. The van der Waals surface area contributed by atoms with Crippen molar-refractivity contribution in [2.45, 2.75) is 6.92 Å². The molecule has 0 spiro atoms. The largest absolute Gasteiger partial charge is 0.495 e. The van der Waals surface area contributed by atoms with Gasteiger partial charge in [-0.25, -0.2) is 4.98 Å². The van der Waals surface area contributed by atoms with Crippen molar-refractivity contribution in [3.05, 3.63) is 69.6 Å². The molecule has 1 aromatic carbocycles. The summed E-state index contributed by atoms with van der Waals surface area (Å²) >= 11 is 7.16. The number of halogens is 1. The second-order valence-electron chi connectivity index (χ2n) is 6.02. The highest BCUT2D eigenvalue weighted by Gasteiger charge is 2.14. The van der Waals surface area contributed by atoms with E-state index in [4.69, 9.17) is 21.3 Å². The summed E-state index contributed by atoms with van der Waals surface area (Å²) in [7, 11) is 1.57. The van der Waals surface area contributed by atoms with E-state index in [1.165, 1.54) is 11.3 Å². The Morgan fingerprint density at radius 2 is 2.11 bits per heavy atom. The third kappa shape index (κ3) is 3.41. The van der Waals surface area contributed by atoms with Crippen LogP contribution in [0.3, 0.4) is 0 Å². The predicted octanol–water partition coefficient (Wildman–Crippen LogP) is 5.29. The Labute approximate surface area is 165 Å². The van der Waals surface area contributed by atoms with Gasteiger partial charge in [0, 0.05) is 18.0 Å². The molecule has 27 heavy (non-hydrogen) atoms. The zero-order valence-electron chi connectivity index (χ0n) is 14.7. The first-order valence-corrected chi connectivity index (χ1v) is 9.44. The van der Waals surface area contributed by atoms with Gasteiger partial charge in [-0.05, 0) is 48.9 Å². The number of fused-ring (bicyclic) bond motifs is 1. The normalized spacial score (nSPS) is 10.9. The Kier molecular flexibility index (Phi) is 4.59. The highest BCUT2D eigenvalue weighted by molar-refractivity contribution is 7.18. The molecule has 0 bridgehead atoms. The zero-order valence-corrected chi connectivity index (χ0v) is 16.3. The first-order chi connectivity index (χ1) is 13.0. The number of thiophene rings is 1. The molecule has 1 N–H and O–H groups in total. The van der Waals surface area contributed by atoms with E-state index in [1.54, 1.807) is 19.2 Å². The SMILES string of the molecule is COc1ccc(-c2cn3cccc(C)c3n2)cc1NC(=O)c1ccc(Cl)s1. The maximum atomic E-state index is 12.5. The van der Waals surface area contributed by atoms with E-state index >= 15 is 0 Å². The summed E-state index contributed by atoms with van der Waals surface area (Å²) in [5.74, 6) is 0.350. The Morgan fingerprint density at radius 1 is 1.26 bits per heavy atom. The molecule has 0 aliphatic heterocycles. The molecular weight excluding hydrogens is 382 g/mol. The van der Waals surface area contributed by atoms with E-state index < -0.39 is 0 Å². The fraction of sp³-hybridized carbons (Fsp3) is 0.100. The second kappa shape index (κ2) is 7.06. The standard InChI is InChI=1S/C20H16ClN3O2S/c1-12-4-3-9-24-11-15(22-19(12)24)13-5-6-16(26-2)14(10-13)23-20(25)17-7-8-18(21)27-17/h3-11H,1-2H3,(H,23,25). The molecule has 136 valence electrons. The summed E-state index contributed by atoms with van der Waals surface area (Å²) < 4.78 is 7.95. The lowest BCUT2D eigenvalue weighted by atomic mass is 10.1. The number of methoxy groups -OCH3 is 1. The van der Waals surface area contributed by atoms with Gasteiger partial charge < -0.3 is 14.5 Å². The van der Waals surface area contributed by atoms with E-state index in [2.05, 4.69) is 5.32 Å². The first-order valence-electron chi connectivity index (χ1n) is 8.24. The van der Waals surface area contributed by atoms with Crippen LogP contribution in [0.5, 0.6) is 5.75 Å². The maximum Gasteiger partial charge on any atom is 0.265 e. The van der Waals surface area contributed by atoms with Crippen LogP contribution in [0.15, 0.2) is 54.9 Å². The smallest absolute Gasteiger partial charge is 0.265 e. The molecule has 0 aliphatic carbocycles. The number of imidazole rings is 1. The fourth-order valence-corrected chi connectivity index (χ4v) is 3.82. The van der Waals surface area contributed by atoms with E-state index in [9.17, 15) is 4.79 Å². The van der Waals surface area contributed by atoms with Crippen molar-refractivity contribution in [2.24, 2.45) is 0 Å². The van der Waals surface area contributed by atoms with Gasteiger partial charge in [0.15, 0.2) is 0 Å². The van der Waals surface area contributed by atoms with Crippen LogP contribution in [0.1, 0.15) is 15.2 Å². The van der Waals surface area contributed by atoms with Crippen molar-refractivity contribution >= 4 is 40.2 Å². The molecule has 0 fully saturated rings. The number of carbonyl (C=O) groups is 1. The summed E-state index contributed by atoms with van der Waals surface area (Å²) in [6.07, 6.45) is 3.93. The van der Waals surface area contributed by atoms with Gasteiger partial charge in [0.2, 0.25) is 0 Å². The number of carbonyl (C=O) groups excluding carboxylic acids is 1. The maximum absolute atomic E-state index is 12.5. The summed E-state index contributed by atoms with van der Waals surface area (Å²) in [6.45, 7) is 2.03. The second-order valence-corrected chi connectivity index (χ2v) is 7.74. The van der Waals surface area contributed by atoms with Gasteiger partial charge in [0.05, 0.1) is 27.7 Å². The quantitative estimate of drug-likeness (QED) is 0.509. The number of anilines is 1. The summed E-state index contributed by atoms with van der Waals surface area (Å²) in [4.78, 5) is 17.7. The third-order valence-corrected chi connectivity index (χ3v) is 5.45. The Morgan fingerprint density at radius 3 is 2.81 bits per heavy atom. The van der Waals surface area contributed by atoms with Gasteiger partial charge in [0.25, 0.3) is 5.91 Å². The van der Waals surface area contributed by atoms with Crippen LogP contribution in [0, 0.1) is 6.92 Å². The molecule has 0 aliphatic rings. The van der Waals surface area contributed by atoms with Crippen molar-refractivity contribution in [2.75, 3.05) is 12.4 Å². The summed E-state index contributed by atoms with van der Waals surface area (Å²) in [6, 6.07) is 13.0. The molecule has 7 heteroatoms. The highest BCUT2D eigenvalue weighted by Crippen LogP contribution is 2.32. The van der Waals surface area contributed by atoms with Gasteiger partial charge in [-0.1, -0.05) is 17.7 Å². The summed E-state index contributed by atoms with van der Waals surface area (Å²) in [5.41, 5.74) is 4.29. The minimum absolute atomic E-state index is 0.229. The predicted molar refractivity (Wildman–Crippen MR) is 109 cm³/mol. The van der Waals surface area contributed by atoms with Crippen molar-refractivity contribution in [3.63, 3.8) is 0 Å². The van der Waals surface area contributed by atoms with Crippen LogP contribution in [0.25, 0.3) is 16.9 Å². The Balaban J connectivity index is 1.71. The monoisotopic (exact) mass is 397 g/mol. The number of nitrogens with zero attached hydrogens (tertiary/aromatic N) is 2. The molecule has 0 atom stereocenters. The highest BCUT2D eigenvalue weighted by atomic mass is 35.5. The molecule has 0 radical (unpaired) electrons. The lowest BCUT2D eigenvalue weighted by molar-refractivity contribution is 0.103. The Hall–Kier alpha value is -2.83. The van der Waals surface area contributed by atoms with E-state index in [1.807, 2.05) is 54.0 Å². The van der Waals surface area contributed by atoms with Crippen LogP contribution in [0.4, 0.5) is 5.69 Å². The van der Waals surface area contributed by atoms with Crippen molar-refractivity contribution in [1.29, 1.82) is 0 Å². The van der Waals surface area contributed by atoms with Gasteiger partial charge in [-0.15, -0.1) is 11.3 Å². The van der Waals surface area contributed by atoms with E-state index in [-0.39, 0.29) is 5.91 Å². The van der Waals surface area contributed by atoms with Gasteiger partial charge in [-0.3, -0.25) is 4.79 Å². The molecule has 4 aromatic rings. The first kappa shape index (κ1) is 17.6. The molecule has 0 saturated carbocycles. The molecule has 4 rings (SSSR count). The topological polar surface area (TPSA) is 55.6 Å². The van der Waals surface area contributed by atoms with Crippen LogP contribution in [0.2, 0.25) is 4.34 Å². The fourth-order valence-electron chi connectivity index (χ4n) is 2.88. The number of hydrogen-bond acceptors (Lipinski definition) is 4. The molecule has 1 amide bonds. The summed E-state index contributed by atoms with van der Waals surface area (Å²) in [5, 5.41) is 2.90. The van der Waals surface area contributed by atoms with Crippen LogP contribution in [-0.2, 0) is 0 Å². The van der Waals surface area contributed by atoms with Crippen molar-refractivity contribution in [3.8, 4) is 17.0 Å². The number of aromatic nitrogens is 2. The number of benzene rings is 1. The van der Waals surface area contributed by atoms with Crippen LogP contribution < -0.4 is 10.1 Å². The minimum atomic E-state index is -0.229. The van der Waals surface area contributed by atoms with Gasteiger partial charge in [-0.2, -0.15) is 0 Å². The molecule has 0 unspecified atom stereocenters. The molecule has 0 saturated heterocycles. The number of nitrogens with one attached hydrogen (secondary N) is 1. The number of amides is 1. The lowest BCUT2D eigenvalue weighted by Gasteiger charge is -2.11.